The summed E-state index contributed by atoms with van der Waals surface area (Å²) in [5.74, 6) is 0.310. The number of carbonyl (C=O) groups excluding carboxylic acids is 1. The van der Waals surface area contributed by atoms with Crippen molar-refractivity contribution >= 4 is 17.0 Å². The van der Waals surface area contributed by atoms with Crippen molar-refractivity contribution in [2.45, 2.75) is 52.1 Å². The van der Waals surface area contributed by atoms with Gasteiger partial charge in [-0.15, -0.1) is 0 Å². The lowest BCUT2D eigenvalue weighted by Gasteiger charge is -2.34. The number of piperidine rings is 1. The van der Waals surface area contributed by atoms with Crippen LogP contribution in [-0.2, 0) is 4.74 Å². The van der Waals surface area contributed by atoms with Crippen LogP contribution in [-0.4, -0.2) is 34.7 Å². The Morgan fingerprint density at radius 3 is 2.83 bits per heavy atom. The summed E-state index contributed by atoms with van der Waals surface area (Å²) in [4.78, 5) is 18.8. The third-order valence-corrected chi connectivity index (χ3v) is 4.53. The van der Waals surface area contributed by atoms with Crippen LogP contribution in [0.3, 0.4) is 0 Å². The summed E-state index contributed by atoms with van der Waals surface area (Å²) in [6.07, 6.45) is 3.73. The molecule has 3 rings (SSSR count). The Morgan fingerprint density at radius 1 is 1.29 bits per heavy atom. The molecule has 1 saturated heterocycles. The molecule has 128 valence electrons. The van der Waals surface area contributed by atoms with Crippen LogP contribution in [0.25, 0.3) is 10.9 Å². The third-order valence-electron chi connectivity index (χ3n) is 4.53. The van der Waals surface area contributed by atoms with Crippen molar-refractivity contribution in [1.29, 1.82) is 0 Å². The van der Waals surface area contributed by atoms with Crippen molar-refractivity contribution in [1.82, 2.24) is 9.88 Å². The number of ether oxygens (including phenoxy) is 1. The van der Waals surface area contributed by atoms with Gasteiger partial charge in [-0.05, 0) is 57.7 Å². The molecule has 1 aliphatic heterocycles. The highest BCUT2D eigenvalue weighted by molar-refractivity contribution is 5.85. The van der Waals surface area contributed by atoms with Crippen molar-refractivity contribution < 1.29 is 9.53 Å². The highest BCUT2D eigenvalue weighted by atomic mass is 16.6. The van der Waals surface area contributed by atoms with Crippen LogP contribution in [0, 0.1) is 6.92 Å². The number of para-hydroxylation sites is 1. The molecular weight excluding hydrogens is 300 g/mol. The van der Waals surface area contributed by atoms with Crippen molar-refractivity contribution in [2.75, 3.05) is 13.1 Å². The van der Waals surface area contributed by atoms with E-state index in [2.05, 4.69) is 30.1 Å². The number of nitrogens with zero attached hydrogens (tertiary/aromatic N) is 2. The van der Waals surface area contributed by atoms with Gasteiger partial charge < -0.3 is 9.64 Å². The van der Waals surface area contributed by atoms with E-state index in [9.17, 15) is 4.79 Å². The summed E-state index contributed by atoms with van der Waals surface area (Å²) < 4.78 is 5.54. The maximum atomic E-state index is 12.4. The first-order chi connectivity index (χ1) is 11.3. The molecule has 2 aromatic rings. The van der Waals surface area contributed by atoms with Gasteiger partial charge in [0, 0.05) is 30.6 Å². The molecule has 0 bridgehead atoms. The number of benzene rings is 1. The second-order valence-electron chi connectivity index (χ2n) is 7.64. The van der Waals surface area contributed by atoms with Crippen molar-refractivity contribution in [2.24, 2.45) is 0 Å². The van der Waals surface area contributed by atoms with Gasteiger partial charge in [-0.3, -0.25) is 4.98 Å². The molecule has 1 amide bonds. The first kappa shape index (κ1) is 16.7. The minimum Gasteiger partial charge on any atom is -0.444 e. The van der Waals surface area contributed by atoms with E-state index in [0.717, 1.165) is 24.9 Å². The zero-order valence-corrected chi connectivity index (χ0v) is 15.0. The molecule has 0 radical (unpaired) electrons. The van der Waals surface area contributed by atoms with E-state index in [-0.39, 0.29) is 6.09 Å². The maximum absolute atomic E-state index is 12.4. The number of pyridine rings is 1. The smallest absolute Gasteiger partial charge is 0.410 e. The molecule has 1 unspecified atom stereocenters. The van der Waals surface area contributed by atoms with Crippen molar-refractivity contribution in [3.8, 4) is 0 Å². The van der Waals surface area contributed by atoms with Crippen LogP contribution in [0.4, 0.5) is 4.79 Å². The molecule has 4 heteroatoms. The van der Waals surface area contributed by atoms with E-state index in [4.69, 9.17) is 4.74 Å². The standard InChI is InChI=1S/C20H26N2O2/c1-14-10-11-21-18-16(14)8-5-9-17(18)15-7-6-12-22(13-15)19(23)24-20(2,3)4/h5,8-11,15H,6-7,12-13H2,1-4H3. The Bertz CT molecular complexity index is 749. The normalized spacial score (nSPS) is 18.7. The Hall–Kier alpha value is -2.10. The van der Waals surface area contributed by atoms with Crippen LogP contribution >= 0.6 is 0 Å². The number of hydrogen-bond donors (Lipinski definition) is 0. The molecule has 4 nitrogen and oxygen atoms in total. The first-order valence-electron chi connectivity index (χ1n) is 8.67. The van der Waals surface area contributed by atoms with Gasteiger partial charge in [0.1, 0.15) is 5.60 Å². The predicted octanol–water partition coefficient (Wildman–Crippen LogP) is 4.66. The molecule has 0 aliphatic carbocycles. The van der Waals surface area contributed by atoms with Gasteiger partial charge >= 0.3 is 6.09 Å². The number of hydrogen-bond acceptors (Lipinski definition) is 3. The lowest BCUT2D eigenvalue weighted by atomic mass is 9.88. The summed E-state index contributed by atoms with van der Waals surface area (Å²) in [5.41, 5.74) is 3.09. The molecule has 0 N–H and O–H groups in total. The summed E-state index contributed by atoms with van der Waals surface area (Å²) in [6.45, 7) is 9.30. The van der Waals surface area contributed by atoms with Gasteiger partial charge in [-0.1, -0.05) is 18.2 Å². The topological polar surface area (TPSA) is 42.4 Å². The van der Waals surface area contributed by atoms with Crippen LogP contribution < -0.4 is 0 Å². The summed E-state index contributed by atoms with van der Waals surface area (Å²) in [5, 5.41) is 1.20. The largest absolute Gasteiger partial charge is 0.444 e. The minimum absolute atomic E-state index is 0.212. The summed E-state index contributed by atoms with van der Waals surface area (Å²) >= 11 is 0. The van der Waals surface area contributed by atoms with E-state index in [1.807, 2.05) is 37.9 Å². The number of aryl methyl sites for hydroxylation is 1. The lowest BCUT2D eigenvalue weighted by Crippen LogP contribution is -2.42. The summed E-state index contributed by atoms with van der Waals surface area (Å²) in [6, 6.07) is 8.41. The van der Waals surface area contributed by atoms with Crippen LogP contribution in [0.15, 0.2) is 30.5 Å². The number of aromatic nitrogens is 1. The monoisotopic (exact) mass is 326 g/mol. The van der Waals surface area contributed by atoms with Crippen LogP contribution in [0.5, 0.6) is 0 Å². The highest BCUT2D eigenvalue weighted by Gasteiger charge is 2.29. The maximum Gasteiger partial charge on any atom is 0.410 e. The van der Waals surface area contributed by atoms with Gasteiger partial charge in [0.15, 0.2) is 0 Å². The average Bonchev–Trinajstić information content (AvgIpc) is 2.53. The minimum atomic E-state index is -0.456. The Balaban J connectivity index is 1.85. The van der Waals surface area contributed by atoms with Crippen molar-refractivity contribution in [3.05, 3.63) is 41.6 Å². The van der Waals surface area contributed by atoms with E-state index >= 15 is 0 Å². The molecule has 24 heavy (non-hydrogen) atoms. The number of rotatable bonds is 1. The Kier molecular flexibility index (Phi) is 4.48. The number of amides is 1. The second-order valence-corrected chi connectivity index (χ2v) is 7.64. The first-order valence-corrected chi connectivity index (χ1v) is 8.67. The Labute approximate surface area is 143 Å². The molecule has 1 aromatic heterocycles. The predicted molar refractivity (Wildman–Crippen MR) is 96.3 cm³/mol. The average molecular weight is 326 g/mol. The van der Waals surface area contributed by atoms with Crippen molar-refractivity contribution in [3.63, 3.8) is 0 Å². The van der Waals surface area contributed by atoms with Crippen LogP contribution in [0.1, 0.15) is 50.7 Å². The van der Waals surface area contributed by atoms with E-state index in [1.165, 1.54) is 16.5 Å². The van der Waals surface area contributed by atoms with Gasteiger partial charge in [-0.2, -0.15) is 0 Å². The van der Waals surface area contributed by atoms with E-state index < -0.39 is 5.60 Å². The van der Waals surface area contributed by atoms with Gasteiger partial charge in [0.25, 0.3) is 0 Å². The van der Waals surface area contributed by atoms with Crippen LogP contribution in [0.2, 0.25) is 0 Å². The van der Waals surface area contributed by atoms with Gasteiger partial charge in [-0.25, -0.2) is 4.79 Å². The fourth-order valence-corrected chi connectivity index (χ4v) is 3.39. The zero-order valence-electron chi connectivity index (χ0n) is 15.0. The number of likely N-dealkylation sites (tertiary alicyclic amines) is 1. The molecule has 0 spiro atoms. The molecule has 1 aromatic carbocycles. The quantitative estimate of drug-likeness (QED) is 0.765. The molecule has 0 saturated carbocycles. The zero-order chi connectivity index (χ0) is 17.3. The molecule has 1 aliphatic rings. The fourth-order valence-electron chi connectivity index (χ4n) is 3.39. The van der Waals surface area contributed by atoms with Gasteiger partial charge in [0.2, 0.25) is 0 Å². The second kappa shape index (κ2) is 6.42. The summed E-state index contributed by atoms with van der Waals surface area (Å²) in [7, 11) is 0. The highest BCUT2D eigenvalue weighted by Crippen LogP contribution is 2.32. The molecule has 1 fully saturated rings. The SMILES string of the molecule is Cc1ccnc2c(C3CCCN(C(=O)OC(C)(C)C)C3)cccc12. The van der Waals surface area contributed by atoms with E-state index in [0.29, 0.717) is 12.5 Å². The van der Waals surface area contributed by atoms with E-state index in [1.54, 1.807) is 0 Å². The molecular formula is C20H26N2O2. The third kappa shape index (κ3) is 3.53. The molecule has 1 atom stereocenters. The molecule has 2 heterocycles. The Morgan fingerprint density at radius 2 is 2.08 bits per heavy atom. The van der Waals surface area contributed by atoms with Gasteiger partial charge in [0.05, 0.1) is 5.52 Å². The lowest BCUT2D eigenvalue weighted by molar-refractivity contribution is 0.0198. The number of carbonyl (C=O) groups is 1. The number of fused-ring (bicyclic) bond motifs is 1. The fraction of sp³-hybridized carbons (Fsp3) is 0.500.